The number of hydrogen-bond donors (Lipinski definition) is 2. The topological polar surface area (TPSA) is 48.9 Å². The number of morpholine rings is 1. The summed E-state index contributed by atoms with van der Waals surface area (Å²) in [4.78, 5) is 7.12. The lowest BCUT2D eigenvalue weighted by Crippen LogP contribution is -2.44. The molecule has 0 spiro atoms. The molecule has 0 amide bonds. The lowest BCUT2D eigenvalue weighted by Gasteiger charge is -2.35. The summed E-state index contributed by atoms with van der Waals surface area (Å²) in [6.07, 6.45) is 5.88. The molecule has 2 unspecified atom stereocenters. The van der Waals surface area contributed by atoms with E-state index in [4.69, 9.17) is 11.2 Å². The van der Waals surface area contributed by atoms with E-state index in [1.54, 1.807) is 0 Å². The predicted octanol–water partition coefficient (Wildman–Crippen LogP) is 2.60. The van der Waals surface area contributed by atoms with E-state index < -0.39 is 0 Å². The second-order valence-corrected chi connectivity index (χ2v) is 6.47. The maximum Gasteiger partial charge on any atom is 0.192 e. The number of rotatable bonds is 6. The smallest absolute Gasteiger partial charge is 0.192 e. The monoisotopic (exact) mass is 470 g/mol. The Morgan fingerprint density at radius 2 is 1.88 bits per heavy atom. The minimum Gasteiger partial charge on any atom is -0.373 e. The van der Waals surface area contributed by atoms with Crippen LogP contribution >= 0.6 is 24.0 Å². The van der Waals surface area contributed by atoms with Gasteiger partial charge in [-0.2, -0.15) is 0 Å². The highest BCUT2D eigenvalue weighted by Crippen LogP contribution is 2.17. The number of terminal acetylenes is 1. The Morgan fingerprint density at radius 3 is 2.50 bits per heavy atom. The summed E-state index contributed by atoms with van der Waals surface area (Å²) in [5, 5.41) is 6.35. The summed E-state index contributed by atoms with van der Waals surface area (Å²) in [5.41, 5.74) is 2.56. The normalized spacial score (nSPS) is 20.8. The standard InChI is InChI=1S/C20H30N4O.HI/c1-5-11-22-20(21-6-2)23-12-18-9-7-8-10-19(18)15-24-13-16(3)25-17(4)14-24;/h1,7-10,16-17H,6,11-15H2,2-4H3,(H2,21,22,23);1H. The van der Waals surface area contributed by atoms with Crippen LogP contribution in [0.3, 0.4) is 0 Å². The SMILES string of the molecule is C#CCNC(=NCc1ccccc1CN1CC(C)OC(C)C1)NCC.I. The summed E-state index contributed by atoms with van der Waals surface area (Å²) in [6, 6.07) is 8.51. The van der Waals surface area contributed by atoms with Gasteiger partial charge < -0.3 is 15.4 Å². The molecule has 144 valence electrons. The fraction of sp³-hybridized carbons (Fsp3) is 0.550. The average Bonchev–Trinajstić information content (AvgIpc) is 2.57. The van der Waals surface area contributed by atoms with Crippen LogP contribution in [0.15, 0.2) is 29.3 Å². The third-order valence-corrected chi connectivity index (χ3v) is 4.12. The molecule has 1 saturated heterocycles. The number of aliphatic imine (C=N–C) groups is 1. The van der Waals surface area contributed by atoms with Gasteiger partial charge in [-0.05, 0) is 31.9 Å². The molecule has 5 nitrogen and oxygen atoms in total. The van der Waals surface area contributed by atoms with E-state index in [1.165, 1.54) is 11.1 Å². The molecule has 0 aliphatic carbocycles. The molecule has 1 aromatic carbocycles. The van der Waals surface area contributed by atoms with Crippen molar-refractivity contribution in [1.29, 1.82) is 0 Å². The van der Waals surface area contributed by atoms with Crippen LogP contribution in [-0.4, -0.2) is 49.2 Å². The highest BCUT2D eigenvalue weighted by atomic mass is 127. The maximum absolute atomic E-state index is 5.83. The van der Waals surface area contributed by atoms with Crippen LogP contribution in [0.25, 0.3) is 0 Å². The van der Waals surface area contributed by atoms with E-state index in [0.717, 1.165) is 32.1 Å². The summed E-state index contributed by atoms with van der Waals surface area (Å²) < 4.78 is 5.83. The molecule has 1 aromatic rings. The van der Waals surface area contributed by atoms with Crippen LogP contribution in [0, 0.1) is 12.3 Å². The zero-order chi connectivity index (χ0) is 18.1. The van der Waals surface area contributed by atoms with Crippen molar-refractivity contribution in [2.24, 2.45) is 4.99 Å². The third-order valence-electron chi connectivity index (χ3n) is 4.12. The van der Waals surface area contributed by atoms with Crippen molar-refractivity contribution in [3.63, 3.8) is 0 Å². The predicted molar refractivity (Wildman–Crippen MR) is 119 cm³/mol. The van der Waals surface area contributed by atoms with Gasteiger partial charge in [-0.3, -0.25) is 4.90 Å². The van der Waals surface area contributed by atoms with Crippen LogP contribution in [-0.2, 0) is 17.8 Å². The van der Waals surface area contributed by atoms with Crippen LogP contribution in [0.5, 0.6) is 0 Å². The molecule has 1 aliphatic rings. The van der Waals surface area contributed by atoms with Crippen molar-refractivity contribution >= 4 is 29.9 Å². The molecular formula is C20H31IN4O. The van der Waals surface area contributed by atoms with Crippen molar-refractivity contribution in [1.82, 2.24) is 15.5 Å². The number of halogens is 1. The Bertz CT molecular complexity index is 604. The van der Waals surface area contributed by atoms with E-state index in [9.17, 15) is 0 Å². The molecule has 1 heterocycles. The molecule has 2 N–H and O–H groups in total. The van der Waals surface area contributed by atoms with E-state index in [1.807, 2.05) is 6.92 Å². The molecule has 0 bridgehead atoms. The molecular weight excluding hydrogens is 439 g/mol. The van der Waals surface area contributed by atoms with Gasteiger partial charge in [0.05, 0.1) is 25.3 Å². The number of hydrogen-bond acceptors (Lipinski definition) is 3. The minimum absolute atomic E-state index is 0. The van der Waals surface area contributed by atoms with Crippen molar-refractivity contribution in [3.05, 3.63) is 35.4 Å². The van der Waals surface area contributed by atoms with Gasteiger partial charge in [-0.25, -0.2) is 4.99 Å². The maximum atomic E-state index is 5.83. The molecule has 2 rings (SSSR count). The Morgan fingerprint density at radius 1 is 1.23 bits per heavy atom. The van der Waals surface area contributed by atoms with Gasteiger partial charge in [0.25, 0.3) is 0 Å². The highest BCUT2D eigenvalue weighted by molar-refractivity contribution is 14.0. The molecule has 1 aliphatic heterocycles. The number of nitrogens with one attached hydrogen (secondary N) is 2. The first-order valence-corrected chi connectivity index (χ1v) is 9.02. The van der Waals surface area contributed by atoms with Crippen LogP contribution in [0.4, 0.5) is 0 Å². The fourth-order valence-corrected chi connectivity index (χ4v) is 3.16. The number of nitrogens with zero attached hydrogens (tertiary/aromatic N) is 2. The van der Waals surface area contributed by atoms with Crippen molar-refractivity contribution in [2.75, 3.05) is 26.2 Å². The molecule has 6 heteroatoms. The van der Waals surface area contributed by atoms with Crippen molar-refractivity contribution < 1.29 is 4.74 Å². The Hall–Kier alpha value is -1.30. The highest BCUT2D eigenvalue weighted by Gasteiger charge is 2.22. The summed E-state index contributed by atoms with van der Waals surface area (Å²) in [5.74, 6) is 3.33. The molecule has 0 aromatic heterocycles. The zero-order valence-corrected chi connectivity index (χ0v) is 18.3. The van der Waals surface area contributed by atoms with Crippen molar-refractivity contribution in [2.45, 2.75) is 46.1 Å². The number of benzene rings is 1. The summed E-state index contributed by atoms with van der Waals surface area (Å²) in [7, 11) is 0. The Balaban J connectivity index is 0.00000338. The van der Waals surface area contributed by atoms with Crippen LogP contribution in [0.1, 0.15) is 31.9 Å². The molecule has 0 radical (unpaired) electrons. The lowest BCUT2D eigenvalue weighted by atomic mass is 10.1. The quantitative estimate of drug-likeness (QED) is 0.291. The third kappa shape index (κ3) is 7.52. The van der Waals surface area contributed by atoms with E-state index in [0.29, 0.717) is 13.1 Å². The van der Waals surface area contributed by atoms with Gasteiger partial charge in [0, 0.05) is 26.2 Å². The van der Waals surface area contributed by atoms with E-state index >= 15 is 0 Å². The summed E-state index contributed by atoms with van der Waals surface area (Å²) >= 11 is 0. The minimum atomic E-state index is 0. The fourth-order valence-electron chi connectivity index (χ4n) is 3.16. The van der Waals surface area contributed by atoms with E-state index in [2.05, 4.69) is 64.6 Å². The molecule has 1 fully saturated rings. The lowest BCUT2D eigenvalue weighted by molar-refractivity contribution is -0.0705. The van der Waals surface area contributed by atoms with E-state index in [-0.39, 0.29) is 36.2 Å². The van der Waals surface area contributed by atoms with Crippen LogP contribution in [0.2, 0.25) is 0 Å². The largest absolute Gasteiger partial charge is 0.373 e. The Kier molecular flexibility index (Phi) is 10.6. The first-order valence-electron chi connectivity index (χ1n) is 9.02. The summed E-state index contributed by atoms with van der Waals surface area (Å²) in [6.45, 7) is 11.1. The van der Waals surface area contributed by atoms with Gasteiger partial charge in [0.2, 0.25) is 0 Å². The van der Waals surface area contributed by atoms with Gasteiger partial charge in [0.15, 0.2) is 5.96 Å². The number of ether oxygens (including phenoxy) is 1. The zero-order valence-electron chi connectivity index (χ0n) is 16.0. The Labute approximate surface area is 175 Å². The first-order chi connectivity index (χ1) is 12.1. The average molecular weight is 470 g/mol. The number of guanidine groups is 1. The molecule has 0 saturated carbocycles. The second-order valence-electron chi connectivity index (χ2n) is 6.47. The van der Waals surface area contributed by atoms with Gasteiger partial charge in [0.1, 0.15) is 0 Å². The van der Waals surface area contributed by atoms with Gasteiger partial charge >= 0.3 is 0 Å². The molecule has 26 heavy (non-hydrogen) atoms. The van der Waals surface area contributed by atoms with Gasteiger partial charge in [-0.15, -0.1) is 30.4 Å². The van der Waals surface area contributed by atoms with Crippen LogP contribution < -0.4 is 10.6 Å². The van der Waals surface area contributed by atoms with Crippen molar-refractivity contribution in [3.8, 4) is 12.3 Å². The van der Waals surface area contributed by atoms with Gasteiger partial charge in [-0.1, -0.05) is 30.2 Å². The first kappa shape index (κ1) is 22.7. The molecule has 2 atom stereocenters. The second kappa shape index (κ2) is 12.2.